The van der Waals surface area contributed by atoms with Gasteiger partial charge in [0.25, 0.3) is 11.5 Å². The van der Waals surface area contributed by atoms with Gasteiger partial charge in [-0.1, -0.05) is 6.07 Å². The van der Waals surface area contributed by atoms with Gasteiger partial charge in [0.2, 0.25) is 0 Å². The van der Waals surface area contributed by atoms with Gasteiger partial charge in [0.15, 0.2) is 0 Å². The molecular formula is C23H25N3O3. The molecule has 0 spiro atoms. The minimum atomic E-state index is -0.208. The third-order valence-corrected chi connectivity index (χ3v) is 4.71. The van der Waals surface area contributed by atoms with Gasteiger partial charge in [0, 0.05) is 23.7 Å². The molecule has 0 radical (unpaired) electrons. The van der Waals surface area contributed by atoms with Crippen molar-refractivity contribution in [1.82, 2.24) is 15.1 Å². The van der Waals surface area contributed by atoms with E-state index in [1.165, 1.54) is 10.7 Å². The van der Waals surface area contributed by atoms with Crippen LogP contribution in [-0.2, 0) is 6.54 Å². The van der Waals surface area contributed by atoms with Crippen molar-refractivity contribution in [2.45, 2.75) is 27.3 Å². The van der Waals surface area contributed by atoms with Gasteiger partial charge in [-0.15, -0.1) is 0 Å². The van der Waals surface area contributed by atoms with E-state index in [4.69, 9.17) is 4.74 Å². The van der Waals surface area contributed by atoms with Crippen LogP contribution in [0.15, 0.2) is 59.4 Å². The van der Waals surface area contributed by atoms with Gasteiger partial charge in [-0.2, -0.15) is 5.10 Å². The first-order chi connectivity index (χ1) is 14.0. The Balaban J connectivity index is 1.66. The molecule has 1 amide bonds. The molecule has 29 heavy (non-hydrogen) atoms. The number of ether oxygens (including phenoxy) is 1. The Bertz CT molecular complexity index is 1060. The van der Waals surface area contributed by atoms with Crippen molar-refractivity contribution < 1.29 is 9.53 Å². The van der Waals surface area contributed by atoms with E-state index in [1.54, 1.807) is 12.1 Å². The van der Waals surface area contributed by atoms with Crippen molar-refractivity contribution in [1.29, 1.82) is 0 Å². The Morgan fingerprint density at radius 1 is 1.03 bits per heavy atom. The van der Waals surface area contributed by atoms with E-state index in [9.17, 15) is 9.59 Å². The van der Waals surface area contributed by atoms with Crippen molar-refractivity contribution in [2.24, 2.45) is 0 Å². The quantitative estimate of drug-likeness (QED) is 0.670. The maximum absolute atomic E-state index is 12.3. The van der Waals surface area contributed by atoms with Gasteiger partial charge in [0.05, 0.1) is 18.8 Å². The van der Waals surface area contributed by atoms with E-state index >= 15 is 0 Å². The Hall–Kier alpha value is -3.41. The zero-order chi connectivity index (χ0) is 20.8. The molecule has 1 heterocycles. The highest BCUT2D eigenvalue weighted by atomic mass is 16.5. The second-order valence-electron chi connectivity index (χ2n) is 6.79. The van der Waals surface area contributed by atoms with Crippen molar-refractivity contribution in [2.75, 3.05) is 13.2 Å². The van der Waals surface area contributed by atoms with E-state index in [0.29, 0.717) is 31.0 Å². The lowest BCUT2D eigenvalue weighted by Crippen LogP contribution is -2.32. The summed E-state index contributed by atoms with van der Waals surface area (Å²) in [6.07, 6.45) is 0. The molecule has 6 heteroatoms. The molecule has 0 aliphatic rings. The smallest absolute Gasteiger partial charge is 0.266 e. The molecule has 1 aromatic heterocycles. The summed E-state index contributed by atoms with van der Waals surface area (Å²) >= 11 is 0. The molecule has 0 saturated carbocycles. The van der Waals surface area contributed by atoms with E-state index in [-0.39, 0.29) is 11.5 Å². The molecular weight excluding hydrogens is 366 g/mol. The molecule has 0 unspecified atom stereocenters. The summed E-state index contributed by atoms with van der Waals surface area (Å²) in [6, 6.07) is 16.3. The van der Waals surface area contributed by atoms with Crippen LogP contribution in [0.3, 0.4) is 0 Å². The number of hydrogen-bond acceptors (Lipinski definition) is 4. The zero-order valence-electron chi connectivity index (χ0n) is 16.9. The molecule has 0 atom stereocenters. The highest BCUT2D eigenvalue weighted by Crippen LogP contribution is 2.19. The minimum absolute atomic E-state index is 0.163. The zero-order valence-corrected chi connectivity index (χ0v) is 16.9. The lowest BCUT2D eigenvalue weighted by atomic mass is 10.1. The lowest BCUT2D eigenvalue weighted by Gasteiger charge is -2.10. The average molecular weight is 391 g/mol. The van der Waals surface area contributed by atoms with E-state index in [1.807, 2.05) is 57.2 Å². The summed E-state index contributed by atoms with van der Waals surface area (Å²) in [5.41, 5.74) is 4.19. The van der Waals surface area contributed by atoms with Gasteiger partial charge >= 0.3 is 0 Å². The summed E-state index contributed by atoms with van der Waals surface area (Å²) in [7, 11) is 0. The third kappa shape index (κ3) is 5.10. The van der Waals surface area contributed by atoms with E-state index < -0.39 is 0 Å². The molecule has 0 bridgehead atoms. The highest BCUT2D eigenvalue weighted by molar-refractivity contribution is 5.94. The summed E-state index contributed by atoms with van der Waals surface area (Å²) in [5, 5.41) is 7.27. The second-order valence-corrected chi connectivity index (χ2v) is 6.79. The van der Waals surface area contributed by atoms with Crippen LogP contribution < -0.4 is 15.6 Å². The van der Waals surface area contributed by atoms with Crippen LogP contribution in [0.4, 0.5) is 0 Å². The Morgan fingerprint density at radius 2 is 1.79 bits per heavy atom. The molecule has 2 aromatic carbocycles. The minimum Gasteiger partial charge on any atom is -0.494 e. The monoisotopic (exact) mass is 391 g/mol. The second kappa shape index (κ2) is 9.19. The third-order valence-electron chi connectivity index (χ3n) is 4.71. The number of nitrogens with zero attached hydrogens (tertiary/aromatic N) is 2. The van der Waals surface area contributed by atoms with Crippen LogP contribution >= 0.6 is 0 Å². The fraction of sp³-hybridized carbons (Fsp3) is 0.261. The van der Waals surface area contributed by atoms with Gasteiger partial charge < -0.3 is 10.1 Å². The predicted octanol–water partition coefficient (Wildman–Crippen LogP) is 3.36. The van der Waals surface area contributed by atoms with Gasteiger partial charge in [-0.3, -0.25) is 9.59 Å². The Labute approximate surface area is 170 Å². The number of aromatic nitrogens is 2. The number of carbonyl (C=O) groups is 1. The molecule has 1 N–H and O–H groups in total. The Morgan fingerprint density at radius 3 is 2.48 bits per heavy atom. The van der Waals surface area contributed by atoms with Crippen molar-refractivity contribution in [3.05, 3.63) is 81.6 Å². The normalized spacial score (nSPS) is 10.6. The van der Waals surface area contributed by atoms with Crippen molar-refractivity contribution >= 4 is 5.91 Å². The number of rotatable bonds is 7. The molecule has 3 aromatic rings. The summed E-state index contributed by atoms with van der Waals surface area (Å²) in [5.74, 6) is 0.627. The summed E-state index contributed by atoms with van der Waals surface area (Å²) in [4.78, 5) is 24.5. The summed E-state index contributed by atoms with van der Waals surface area (Å²) < 4.78 is 6.82. The number of hydrogen-bond donors (Lipinski definition) is 1. The maximum Gasteiger partial charge on any atom is 0.266 e. The number of carbonyl (C=O) groups excluding carboxylic acids is 1. The van der Waals surface area contributed by atoms with Crippen molar-refractivity contribution in [3.8, 4) is 17.0 Å². The largest absolute Gasteiger partial charge is 0.494 e. The van der Waals surface area contributed by atoms with E-state index in [0.717, 1.165) is 22.4 Å². The predicted molar refractivity (Wildman–Crippen MR) is 113 cm³/mol. The van der Waals surface area contributed by atoms with Crippen LogP contribution in [0.5, 0.6) is 5.75 Å². The molecule has 0 aliphatic carbocycles. The number of benzene rings is 2. The molecule has 0 saturated heterocycles. The Kier molecular flexibility index (Phi) is 6.44. The molecule has 3 rings (SSSR count). The first-order valence-corrected chi connectivity index (χ1v) is 9.65. The van der Waals surface area contributed by atoms with Gasteiger partial charge in [-0.25, -0.2) is 4.68 Å². The van der Waals surface area contributed by atoms with Crippen LogP contribution in [-0.4, -0.2) is 28.8 Å². The molecule has 0 aliphatic heterocycles. The van der Waals surface area contributed by atoms with Crippen LogP contribution in [0.2, 0.25) is 0 Å². The van der Waals surface area contributed by atoms with Crippen molar-refractivity contribution in [3.63, 3.8) is 0 Å². The SMILES string of the molecule is CCOc1ccc(-c2ccc(=O)n(CCNC(=O)c3ccc(C)c(C)c3)n2)cc1. The number of amides is 1. The molecule has 6 nitrogen and oxygen atoms in total. The fourth-order valence-electron chi connectivity index (χ4n) is 2.91. The summed E-state index contributed by atoms with van der Waals surface area (Å²) in [6.45, 7) is 7.13. The average Bonchev–Trinajstić information content (AvgIpc) is 2.72. The topological polar surface area (TPSA) is 73.2 Å². The van der Waals surface area contributed by atoms with Crippen LogP contribution in [0, 0.1) is 13.8 Å². The van der Waals surface area contributed by atoms with E-state index in [2.05, 4.69) is 10.4 Å². The standard InChI is InChI=1S/C23H25N3O3/c1-4-29-20-9-7-18(8-10-20)21-11-12-22(27)26(25-21)14-13-24-23(28)19-6-5-16(2)17(3)15-19/h5-12,15H,4,13-14H2,1-3H3,(H,24,28). The molecule has 150 valence electrons. The first kappa shape index (κ1) is 20.3. The van der Waals surface area contributed by atoms with Gasteiger partial charge in [0.1, 0.15) is 5.75 Å². The number of aryl methyl sites for hydroxylation is 2. The number of nitrogens with one attached hydrogen (secondary N) is 1. The molecule has 0 fully saturated rings. The van der Waals surface area contributed by atoms with Crippen LogP contribution in [0.25, 0.3) is 11.3 Å². The maximum atomic E-state index is 12.3. The fourth-order valence-corrected chi connectivity index (χ4v) is 2.91. The first-order valence-electron chi connectivity index (χ1n) is 9.65. The van der Waals surface area contributed by atoms with Crippen LogP contribution in [0.1, 0.15) is 28.4 Å². The van der Waals surface area contributed by atoms with Gasteiger partial charge in [-0.05, 0) is 74.4 Å². The highest BCUT2D eigenvalue weighted by Gasteiger charge is 2.08. The lowest BCUT2D eigenvalue weighted by molar-refractivity contribution is 0.0951.